The minimum absolute atomic E-state index is 0.0718. The molecular weight excluding hydrogens is 324 g/mol. The van der Waals surface area contributed by atoms with Crippen molar-refractivity contribution >= 4 is 21.9 Å². The summed E-state index contributed by atoms with van der Waals surface area (Å²) in [6.07, 6.45) is -0.215. The molecule has 0 saturated carbocycles. The first-order chi connectivity index (χ1) is 10.7. The summed E-state index contributed by atoms with van der Waals surface area (Å²) in [5.41, 5.74) is 0.699. The second-order valence-corrected chi connectivity index (χ2v) is 7.21. The van der Waals surface area contributed by atoms with Gasteiger partial charge in [0.25, 0.3) is 0 Å². The highest BCUT2D eigenvalue weighted by molar-refractivity contribution is 7.89. The van der Waals surface area contributed by atoms with E-state index in [0.29, 0.717) is 11.3 Å². The van der Waals surface area contributed by atoms with Gasteiger partial charge in [-0.15, -0.1) is 0 Å². The number of nitrogens with two attached hydrogens (primary N) is 1. The van der Waals surface area contributed by atoms with Gasteiger partial charge in [-0.05, 0) is 17.7 Å². The van der Waals surface area contributed by atoms with E-state index in [9.17, 15) is 23.1 Å². The van der Waals surface area contributed by atoms with E-state index in [2.05, 4.69) is 0 Å². The van der Waals surface area contributed by atoms with Crippen LogP contribution in [0, 0.1) is 0 Å². The SMILES string of the molecule is COc1ccc(C[C@@H](C(=O)O)N2CC(S(N)(=O)=O)CC2=O)cc1. The van der Waals surface area contributed by atoms with Crippen molar-refractivity contribution in [2.45, 2.75) is 24.1 Å². The number of likely N-dealkylation sites (tertiary alicyclic amines) is 1. The van der Waals surface area contributed by atoms with Crippen molar-refractivity contribution < 1.29 is 27.9 Å². The molecule has 0 radical (unpaired) electrons. The lowest BCUT2D eigenvalue weighted by molar-refractivity contribution is -0.148. The summed E-state index contributed by atoms with van der Waals surface area (Å²) in [5, 5.41) is 13.4. The molecule has 0 aromatic heterocycles. The molecule has 1 heterocycles. The maximum atomic E-state index is 12.0. The number of nitrogens with zero attached hydrogens (tertiary/aromatic N) is 1. The number of carbonyl (C=O) groups is 2. The molecule has 3 N–H and O–H groups in total. The van der Waals surface area contributed by atoms with E-state index in [1.165, 1.54) is 7.11 Å². The van der Waals surface area contributed by atoms with Crippen LogP contribution in [0.2, 0.25) is 0 Å². The average Bonchev–Trinajstić information content (AvgIpc) is 2.87. The Morgan fingerprint density at radius 1 is 1.43 bits per heavy atom. The Balaban J connectivity index is 2.18. The third-order valence-corrected chi connectivity index (χ3v) is 5.08. The van der Waals surface area contributed by atoms with E-state index < -0.39 is 33.2 Å². The first-order valence-corrected chi connectivity index (χ1v) is 8.50. The summed E-state index contributed by atoms with van der Waals surface area (Å²) >= 11 is 0. The van der Waals surface area contributed by atoms with Crippen LogP contribution in [0.5, 0.6) is 5.75 Å². The summed E-state index contributed by atoms with van der Waals surface area (Å²) in [5.74, 6) is -1.08. The van der Waals surface area contributed by atoms with Crippen LogP contribution in [0.4, 0.5) is 0 Å². The molecule has 1 unspecified atom stereocenters. The van der Waals surface area contributed by atoms with E-state index >= 15 is 0 Å². The van der Waals surface area contributed by atoms with Gasteiger partial charge in [0.2, 0.25) is 15.9 Å². The molecule has 8 nitrogen and oxygen atoms in total. The average molecular weight is 342 g/mol. The number of sulfonamides is 1. The number of amides is 1. The van der Waals surface area contributed by atoms with Crippen LogP contribution >= 0.6 is 0 Å². The minimum Gasteiger partial charge on any atom is -0.497 e. The number of carboxylic acids is 1. The molecule has 23 heavy (non-hydrogen) atoms. The number of hydrogen-bond acceptors (Lipinski definition) is 5. The Morgan fingerprint density at radius 3 is 2.48 bits per heavy atom. The standard InChI is InChI=1S/C14H18N2O6S/c1-22-10-4-2-9(3-5-10)6-12(14(18)19)16-8-11(7-13(16)17)23(15,20)21/h2-5,11-12H,6-8H2,1H3,(H,18,19)(H2,15,20,21)/t11?,12-/m0/s1. The molecule has 1 aliphatic rings. The van der Waals surface area contributed by atoms with Gasteiger partial charge in [0.15, 0.2) is 0 Å². The van der Waals surface area contributed by atoms with E-state index in [4.69, 9.17) is 9.88 Å². The monoisotopic (exact) mass is 342 g/mol. The molecule has 1 saturated heterocycles. The summed E-state index contributed by atoms with van der Waals surface area (Å²) in [6.45, 7) is -0.204. The number of carbonyl (C=O) groups excluding carboxylic acids is 1. The van der Waals surface area contributed by atoms with Crippen LogP contribution < -0.4 is 9.88 Å². The Hall–Kier alpha value is -2.13. The van der Waals surface area contributed by atoms with Crippen molar-refractivity contribution in [1.29, 1.82) is 0 Å². The van der Waals surface area contributed by atoms with Crippen LogP contribution in [-0.4, -0.2) is 55.2 Å². The van der Waals surface area contributed by atoms with Crippen LogP contribution in [0.3, 0.4) is 0 Å². The predicted octanol–water partition coefficient (Wildman–Crippen LogP) is -0.420. The van der Waals surface area contributed by atoms with Crippen molar-refractivity contribution in [2.75, 3.05) is 13.7 Å². The maximum absolute atomic E-state index is 12.0. The zero-order valence-corrected chi connectivity index (χ0v) is 13.3. The molecule has 1 fully saturated rings. The molecular formula is C14H18N2O6S. The molecule has 9 heteroatoms. The van der Waals surface area contributed by atoms with Gasteiger partial charge in [-0.25, -0.2) is 18.4 Å². The number of primary sulfonamides is 1. The van der Waals surface area contributed by atoms with Gasteiger partial charge in [-0.1, -0.05) is 12.1 Å². The molecule has 1 aromatic carbocycles. The molecule has 0 aliphatic carbocycles. The van der Waals surface area contributed by atoms with Crippen molar-refractivity contribution in [1.82, 2.24) is 4.90 Å². The number of benzene rings is 1. The summed E-state index contributed by atoms with van der Waals surface area (Å²) < 4.78 is 27.8. The van der Waals surface area contributed by atoms with Crippen LogP contribution in [0.1, 0.15) is 12.0 Å². The molecule has 1 aromatic rings. The third-order valence-electron chi connectivity index (χ3n) is 3.84. The summed E-state index contributed by atoms with van der Waals surface area (Å²) in [6, 6.07) is 5.64. The summed E-state index contributed by atoms with van der Waals surface area (Å²) in [7, 11) is -2.36. The Bertz CT molecular complexity index is 700. The fourth-order valence-corrected chi connectivity index (χ4v) is 3.28. The molecule has 1 aliphatic heterocycles. The second-order valence-electron chi connectivity index (χ2n) is 5.37. The van der Waals surface area contributed by atoms with E-state index in [1.54, 1.807) is 24.3 Å². The molecule has 0 spiro atoms. The van der Waals surface area contributed by atoms with Crippen molar-refractivity contribution in [3.63, 3.8) is 0 Å². The van der Waals surface area contributed by atoms with Crippen molar-refractivity contribution in [3.8, 4) is 5.75 Å². The normalized spacial score (nSPS) is 19.7. The fraction of sp³-hybridized carbons (Fsp3) is 0.429. The Labute approximate surface area is 133 Å². The first kappa shape index (κ1) is 17.2. The smallest absolute Gasteiger partial charge is 0.326 e. The first-order valence-electron chi connectivity index (χ1n) is 6.89. The quantitative estimate of drug-likeness (QED) is 0.723. The minimum atomic E-state index is -3.88. The third kappa shape index (κ3) is 3.99. The van der Waals surface area contributed by atoms with Gasteiger partial charge < -0.3 is 14.7 Å². The Morgan fingerprint density at radius 2 is 2.04 bits per heavy atom. The number of carboxylic acid groups (broad SMARTS) is 1. The van der Waals surface area contributed by atoms with Crippen LogP contribution in [-0.2, 0) is 26.0 Å². The van der Waals surface area contributed by atoms with Gasteiger partial charge in [0.05, 0.1) is 7.11 Å². The number of aliphatic carboxylic acids is 1. The highest BCUT2D eigenvalue weighted by atomic mass is 32.2. The molecule has 126 valence electrons. The number of ether oxygens (including phenoxy) is 1. The zero-order valence-electron chi connectivity index (χ0n) is 12.5. The van der Waals surface area contributed by atoms with Crippen LogP contribution in [0.25, 0.3) is 0 Å². The van der Waals surface area contributed by atoms with Gasteiger partial charge in [0, 0.05) is 19.4 Å². The molecule has 0 bridgehead atoms. The van der Waals surface area contributed by atoms with Crippen LogP contribution in [0.15, 0.2) is 24.3 Å². The second kappa shape index (κ2) is 6.55. The lowest BCUT2D eigenvalue weighted by Crippen LogP contribution is -2.44. The van der Waals surface area contributed by atoms with Gasteiger partial charge >= 0.3 is 5.97 Å². The topological polar surface area (TPSA) is 127 Å². The van der Waals surface area contributed by atoms with Gasteiger partial charge in [0.1, 0.15) is 17.0 Å². The summed E-state index contributed by atoms with van der Waals surface area (Å²) in [4.78, 5) is 24.6. The molecule has 2 rings (SSSR count). The van der Waals surface area contributed by atoms with Crippen molar-refractivity contribution in [2.24, 2.45) is 5.14 Å². The lowest BCUT2D eigenvalue weighted by Gasteiger charge is -2.24. The lowest BCUT2D eigenvalue weighted by atomic mass is 10.0. The van der Waals surface area contributed by atoms with E-state index in [-0.39, 0.29) is 19.4 Å². The predicted molar refractivity (Wildman–Crippen MR) is 81.3 cm³/mol. The van der Waals surface area contributed by atoms with Gasteiger partial charge in [-0.2, -0.15) is 0 Å². The molecule has 2 atom stereocenters. The zero-order chi connectivity index (χ0) is 17.2. The maximum Gasteiger partial charge on any atom is 0.326 e. The number of hydrogen-bond donors (Lipinski definition) is 2. The fourth-order valence-electron chi connectivity index (χ4n) is 2.53. The van der Waals surface area contributed by atoms with E-state index in [1.807, 2.05) is 0 Å². The van der Waals surface area contributed by atoms with Crippen molar-refractivity contribution in [3.05, 3.63) is 29.8 Å². The highest BCUT2D eigenvalue weighted by Crippen LogP contribution is 2.22. The Kier molecular flexibility index (Phi) is 4.90. The van der Waals surface area contributed by atoms with E-state index in [0.717, 1.165) is 4.90 Å². The largest absolute Gasteiger partial charge is 0.497 e. The number of methoxy groups -OCH3 is 1. The number of rotatable bonds is 6. The highest BCUT2D eigenvalue weighted by Gasteiger charge is 2.41. The van der Waals surface area contributed by atoms with Gasteiger partial charge in [-0.3, -0.25) is 4.79 Å². The molecule has 1 amide bonds.